The van der Waals surface area contributed by atoms with Gasteiger partial charge in [-0.2, -0.15) is 4.98 Å². The molecule has 1 heterocycles. The lowest BCUT2D eigenvalue weighted by Gasteiger charge is -2.15. The Morgan fingerprint density at radius 2 is 1.65 bits per heavy atom. The number of methoxy groups -OCH3 is 1. The molecule has 0 bridgehead atoms. The minimum atomic E-state index is -0.396. The molecule has 0 fully saturated rings. The predicted molar refractivity (Wildman–Crippen MR) is 133 cm³/mol. The van der Waals surface area contributed by atoms with Crippen molar-refractivity contribution in [1.82, 2.24) is 9.55 Å². The number of nitrogens with one attached hydrogen (secondary N) is 1. The van der Waals surface area contributed by atoms with Gasteiger partial charge < -0.3 is 15.2 Å². The van der Waals surface area contributed by atoms with Gasteiger partial charge in [0.15, 0.2) is 5.16 Å². The van der Waals surface area contributed by atoms with E-state index in [4.69, 9.17) is 4.74 Å². The summed E-state index contributed by atoms with van der Waals surface area (Å²) < 4.78 is 6.64. The van der Waals surface area contributed by atoms with Crippen LogP contribution in [0, 0.1) is 0 Å². The Morgan fingerprint density at radius 3 is 2.29 bits per heavy atom. The maximum atomic E-state index is 13.5. The van der Waals surface area contributed by atoms with E-state index in [1.54, 1.807) is 43.5 Å². The fraction of sp³-hybridized carbons (Fsp3) is 0.115. The third-order valence-electron chi connectivity index (χ3n) is 5.07. The Morgan fingerprint density at radius 1 is 1.00 bits per heavy atom. The summed E-state index contributed by atoms with van der Waals surface area (Å²) >= 11 is 1.07. The SMILES string of the molecule is COc1ccc(-n2c(SCC(=O)Nc3ccccc3)nc(O)c(Cc3ccccc3)c2=O)cc1. The molecule has 0 saturated carbocycles. The van der Waals surface area contributed by atoms with E-state index in [0.717, 1.165) is 17.3 Å². The highest BCUT2D eigenvalue weighted by Crippen LogP contribution is 2.25. The number of ether oxygens (including phenoxy) is 1. The number of nitrogens with zero attached hydrogens (tertiary/aromatic N) is 2. The van der Waals surface area contributed by atoms with Crippen LogP contribution < -0.4 is 15.6 Å². The molecule has 8 heteroatoms. The van der Waals surface area contributed by atoms with E-state index >= 15 is 0 Å². The number of carbonyl (C=O) groups is 1. The third-order valence-corrected chi connectivity index (χ3v) is 6.01. The molecule has 0 aliphatic rings. The van der Waals surface area contributed by atoms with Crippen molar-refractivity contribution in [2.45, 2.75) is 11.6 Å². The molecule has 1 amide bonds. The maximum absolute atomic E-state index is 13.5. The molecule has 0 aliphatic carbocycles. The van der Waals surface area contributed by atoms with Crippen molar-refractivity contribution in [2.75, 3.05) is 18.2 Å². The Kier molecular flexibility index (Phi) is 7.29. The molecule has 0 aliphatic heterocycles. The highest BCUT2D eigenvalue weighted by molar-refractivity contribution is 7.99. The summed E-state index contributed by atoms with van der Waals surface area (Å²) in [6.07, 6.45) is 0.230. The molecule has 4 aromatic rings. The Hall–Kier alpha value is -4.04. The van der Waals surface area contributed by atoms with Gasteiger partial charge in [0.1, 0.15) is 5.75 Å². The van der Waals surface area contributed by atoms with Gasteiger partial charge in [-0.3, -0.25) is 14.2 Å². The van der Waals surface area contributed by atoms with Gasteiger partial charge in [0.2, 0.25) is 11.8 Å². The number of aromatic nitrogens is 2. The third kappa shape index (κ3) is 5.47. The number of rotatable bonds is 8. The first-order chi connectivity index (χ1) is 16.5. The van der Waals surface area contributed by atoms with Gasteiger partial charge in [0.25, 0.3) is 5.56 Å². The van der Waals surface area contributed by atoms with Crippen molar-refractivity contribution in [2.24, 2.45) is 0 Å². The van der Waals surface area contributed by atoms with Crippen LogP contribution in [-0.4, -0.2) is 33.4 Å². The molecular weight excluding hydrogens is 450 g/mol. The molecule has 4 rings (SSSR count). The summed E-state index contributed by atoms with van der Waals surface area (Å²) in [6.45, 7) is 0. The molecule has 172 valence electrons. The van der Waals surface area contributed by atoms with Crippen molar-refractivity contribution in [3.05, 3.63) is 106 Å². The fourth-order valence-electron chi connectivity index (χ4n) is 3.38. The van der Waals surface area contributed by atoms with Gasteiger partial charge in [-0.05, 0) is 42.0 Å². The zero-order valence-electron chi connectivity index (χ0n) is 18.5. The number of aromatic hydroxyl groups is 1. The van der Waals surface area contributed by atoms with Crippen LogP contribution in [0.15, 0.2) is 94.9 Å². The number of hydrogen-bond donors (Lipinski definition) is 2. The number of amides is 1. The average molecular weight is 474 g/mol. The zero-order chi connectivity index (χ0) is 23.9. The van der Waals surface area contributed by atoms with Crippen molar-refractivity contribution in [3.8, 4) is 17.3 Å². The minimum Gasteiger partial charge on any atom is -0.497 e. The summed E-state index contributed by atoms with van der Waals surface area (Å²) in [4.78, 5) is 30.3. The standard InChI is InChI=1S/C26H23N3O4S/c1-33-21-14-12-20(13-15-21)29-25(32)22(16-18-8-4-2-5-9-18)24(31)28-26(29)34-17-23(30)27-19-10-6-3-7-11-19/h2-15,31H,16-17H2,1H3,(H,27,30). The molecule has 0 atom stereocenters. The lowest BCUT2D eigenvalue weighted by molar-refractivity contribution is -0.113. The molecule has 0 unspecified atom stereocenters. The highest BCUT2D eigenvalue weighted by Gasteiger charge is 2.19. The minimum absolute atomic E-state index is 0.00889. The smallest absolute Gasteiger partial charge is 0.266 e. The molecule has 0 radical (unpaired) electrons. The van der Waals surface area contributed by atoms with Crippen LogP contribution in [0.2, 0.25) is 0 Å². The number of carbonyl (C=O) groups excluding carboxylic acids is 1. The van der Waals surface area contributed by atoms with Gasteiger partial charge >= 0.3 is 0 Å². The fourth-order valence-corrected chi connectivity index (χ4v) is 4.19. The lowest BCUT2D eigenvalue weighted by atomic mass is 10.1. The molecule has 34 heavy (non-hydrogen) atoms. The number of benzene rings is 3. The number of anilines is 1. The van der Waals surface area contributed by atoms with Crippen LogP contribution in [0.25, 0.3) is 5.69 Å². The van der Waals surface area contributed by atoms with Gasteiger partial charge in [0, 0.05) is 12.1 Å². The predicted octanol–water partition coefficient (Wildman–Crippen LogP) is 4.27. The highest BCUT2D eigenvalue weighted by atomic mass is 32.2. The van der Waals surface area contributed by atoms with Crippen LogP contribution in [0.4, 0.5) is 5.69 Å². The van der Waals surface area contributed by atoms with E-state index in [2.05, 4.69) is 10.3 Å². The molecule has 1 aromatic heterocycles. The second-order valence-corrected chi connectivity index (χ2v) is 8.34. The van der Waals surface area contributed by atoms with Gasteiger partial charge in [0.05, 0.1) is 24.1 Å². The molecule has 3 aromatic carbocycles. The molecule has 0 saturated heterocycles. The van der Waals surface area contributed by atoms with Crippen LogP contribution in [-0.2, 0) is 11.2 Å². The van der Waals surface area contributed by atoms with E-state index in [9.17, 15) is 14.7 Å². The van der Waals surface area contributed by atoms with Crippen molar-refractivity contribution < 1.29 is 14.6 Å². The Balaban J connectivity index is 1.68. The van der Waals surface area contributed by atoms with E-state index in [1.807, 2.05) is 48.5 Å². The van der Waals surface area contributed by atoms with Crippen LogP contribution >= 0.6 is 11.8 Å². The zero-order valence-corrected chi connectivity index (χ0v) is 19.3. The Labute approximate surface area is 201 Å². The largest absolute Gasteiger partial charge is 0.497 e. The van der Waals surface area contributed by atoms with Crippen molar-refractivity contribution in [3.63, 3.8) is 0 Å². The second-order valence-electron chi connectivity index (χ2n) is 7.40. The number of thioether (sulfide) groups is 1. The summed E-state index contributed by atoms with van der Waals surface area (Å²) in [5, 5.41) is 13.7. The van der Waals surface area contributed by atoms with Crippen LogP contribution in [0.5, 0.6) is 11.6 Å². The average Bonchev–Trinajstić information content (AvgIpc) is 2.86. The summed E-state index contributed by atoms with van der Waals surface area (Å²) in [5.41, 5.74) is 1.89. The van der Waals surface area contributed by atoms with Crippen molar-refractivity contribution >= 4 is 23.4 Å². The second kappa shape index (κ2) is 10.7. The van der Waals surface area contributed by atoms with E-state index in [-0.39, 0.29) is 34.7 Å². The van der Waals surface area contributed by atoms with Crippen molar-refractivity contribution in [1.29, 1.82) is 0 Å². The molecular formula is C26H23N3O4S. The number of hydrogen-bond acceptors (Lipinski definition) is 6. The first-order valence-corrected chi connectivity index (χ1v) is 11.5. The molecule has 7 nitrogen and oxygen atoms in total. The first kappa shape index (κ1) is 23.1. The van der Waals surface area contributed by atoms with Crippen LogP contribution in [0.1, 0.15) is 11.1 Å². The van der Waals surface area contributed by atoms with Crippen LogP contribution in [0.3, 0.4) is 0 Å². The van der Waals surface area contributed by atoms with Gasteiger partial charge in [-0.25, -0.2) is 0 Å². The topological polar surface area (TPSA) is 93.4 Å². The Bertz CT molecular complexity index is 1320. The van der Waals surface area contributed by atoms with E-state index in [1.165, 1.54) is 4.57 Å². The lowest BCUT2D eigenvalue weighted by Crippen LogP contribution is -2.26. The van der Waals surface area contributed by atoms with Gasteiger partial charge in [-0.15, -0.1) is 0 Å². The molecule has 0 spiro atoms. The monoisotopic (exact) mass is 473 g/mol. The van der Waals surface area contributed by atoms with Gasteiger partial charge in [-0.1, -0.05) is 60.3 Å². The summed E-state index contributed by atoms with van der Waals surface area (Å²) in [6, 6.07) is 25.4. The normalized spacial score (nSPS) is 10.6. The quantitative estimate of drug-likeness (QED) is 0.293. The first-order valence-electron chi connectivity index (χ1n) is 10.6. The number of para-hydroxylation sites is 1. The summed E-state index contributed by atoms with van der Waals surface area (Å²) in [7, 11) is 1.56. The van der Waals surface area contributed by atoms with E-state index in [0.29, 0.717) is 17.1 Å². The summed E-state index contributed by atoms with van der Waals surface area (Å²) in [5.74, 6) is 0.0586. The van der Waals surface area contributed by atoms with E-state index < -0.39 is 5.56 Å². The maximum Gasteiger partial charge on any atom is 0.266 e. The molecule has 2 N–H and O–H groups in total.